The van der Waals surface area contributed by atoms with E-state index in [4.69, 9.17) is 9.47 Å². The fraction of sp³-hybridized carbons (Fsp3) is 0.650. The highest BCUT2D eigenvalue weighted by Gasteiger charge is 2.63. The summed E-state index contributed by atoms with van der Waals surface area (Å²) in [6, 6.07) is 0. The first-order valence-corrected chi connectivity index (χ1v) is 9.13. The number of ether oxygens (including phenoxy) is 2. The first kappa shape index (κ1) is 16.6. The van der Waals surface area contributed by atoms with Crippen molar-refractivity contribution in [2.24, 2.45) is 22.7 Å². The summed E-state index contributed by atoms with van der Waals surface area (Å²) in [5.74, 6) is -0.110. The van der Waals surface area contributed by atoms with E-state index in [-0.39, 0.29) is 35.0 Å². The van der Waals surface area contributed by atoms with Crippen LogP contribution in [0, 0.1) is 22.7 Å². The number of allylic oxidation sites excluding steroid dienone is 1. The Kier molecular flexibility index (Phi) is 3.67. The van der Waals surface area contributed by atoms with Crippen molar-refractivity contribution < 1.29 is 23.9 Å². The second-order valence-corrected chi connectivity index (χ2v) is 8.26. The van der Waals surface area contributed by atoms with Gasteiger partial charge in [-0.15, -0.1) is 0 Å². The zero-order valence-electron chi connectivity index (χ0n) is 14.8. The maximum atomic E-state index is 12.9. The molecule has 0 unspecified atom stereocenters. The highest BCUT2D eigenvalue weighted by atomic mass is 16.5. The summed E-state index contributed by atoms with van der Waals surface area (Å²) in [4.78, 5) is 36.4. The second kappa shape index (κ2) is 5.55. The third-order valence-corrected chi connectivity index (χ3v) is 7.15. The van der Waals surface area contributed by atoms with Crippen LogP contribution >= 0.6 is 0 Å². The molecule has 2 fully saturated rings. The quantitative estimate of drug-likeness (QED) is 0.736. The zero-order valence-corrected chi connectivity index (χ0v) is 14.8. The van der Waals surface area contributed by atoms with E-state index in [1.807, 2.05) is 13.0 Å². The predicted octanol–water partition coefficient (Wildman–Crippen LogP) is 2.74. The summed E-state index contributed by atoms with van der Waals surface area (Å²) in [6.45, 7) is 4.90. The molecular weight excluding hydrogens is 320 g/mol. The topological polar surface area (TPSA) is 69.7 Å². The highest BCUT2D eigenvalue weighted by Crippen LogP contribution is 2.63. The average molecular weight is 344 g/mol. The Labute approximate surface area is 147 Å². The maximum absolute atomic E-state index is 12.9. The summed E-state index contributed by atoms with van der Waals surface area (Å²) in [5, 5.41) is 0. The monoisotopic (exact) mass is 344 g/mol. The van der Waals surface area contributed by atoms with E-state index in [0.717, 1.165) is 36.8 Å². The molecule has 5 nitrogen and oxygen atoms in total. The fourth-order valence-electron chi connectivity index (χ4n) is 5.54. The molecule has 2 aliphatic carbocycles. The van der Waals surface area contributed by atoms with Crippen LogP contribution in [0.15, 0.2) is 23.3 Å². The molecule has 4 rings (SSSR count). The molecule has 4 aliphatic rings. The van der Waals surface area contributed by atoms with Crippen molar-refractivity contribution in [3.63, 3.8) is 0 Å². The van der Waals surface area contributed by atoms with Gasteiger partial charge in [0.25, 0.3) is 0 Å². The van der Waals surface area contributed by atoms with Crippen LogP contribution in [0.4, 0.5) is 0 Å². The fourth-order valence-corrected chi connectivity index (χ4v) is 5.54. The minimum absolute atomic E-state index is 0.0585. The third kappa shape index (κ3) is 2.31. The normalized spacial score (nSPS) is 40.0. The minimum Gasteiger partial charge on any atom is -0.461 e. The van der Waals surface area contributed by atoms with Crippen molar-refractivity contribution in [3.8, 4) is 0 Å². The number of carbonyl (C=O) groups is 3. The van der Waals surface area contributed by atoms with Gasteiger partial charge in [0.1, 0.15) is 19.0 Å². The van der Waals surface area contributed by atoms with Gasteiger partial charge in [-0.25, -0.2) is 9.59 Å². The molecule has 0 aromatic heterocycles. The van der Waals surface area contributed by atoms with Gasteiger partial charge in [0.05, 0.1) is 0 Å². The molecule has 4 atom stereocenters. The molecule has 5 heteroatoms. The number of cyclic esters (lactones) is 2. The SMILES string of the molecule is C[C@@H]1C(=O)C[C@@]23COC(=O)C2=CCC[C@@H]3[C@@]1(C)CCC1=CC(=O)OC1. The van der Waals surface area contributed by atoms with E-state index >= 15 is 0 Å². The lowest BCUT2D eigenvalue weighted by atomic mass is 9.46. The molecule has 1 saturated heterocycles. The van der Waals surface area contributed by atoms with Crippen LogP contribution in [0.3, 0.4) is 0 Å². The van der Waals surface area contributed by atoms with E-state index in [1.165, 1.54) is 0 Å². The average Bonchev–Trinajstić information content (AvgIpc) is 3.15. The van der Waals surface area contributed by atoms with E-state index in [1.54, 1.807) is 6.08 Å². The van der Waals surface area contributed by atoms with Gasteiger partial charge in [0, 0.05) is 29.4 Å². The van der Waals surface area contributed by atoms with E-state index in [0.29, 0.717) is 19.6 Å². The van der Waals surface area contributed by atoms with Crippen LogP contribution in [-0.2, 0) is 23.9 Å². The Bertz CT molecular complexity index is 718. The summed E-state index contributed by atoms with van der Waals surface area (Å²) >= 11 is 0. The molecule has 2 heterocycles. The summed E-state index contributed by atoms with van der Waals surface area (Å²) < 4.78 is 10.4. The van der Waals surface area contributed by atoms with Gasteiger partial charge >= 0.3 is 11.9 Å². The number of hydrogen-bond donors (Lipinski definition) is 0. The minimum atomic E-state index is -0.440. The Hall–Kier alpha value is -1.91. The van der Waals surface area contributed by atoms with Gasteiger partial charge in [-0.1, -0.05) is 19.9 Å². The number of ketones is 1. The van der Waals surface area contributed by atoms with Crippen molar-refractivity contribution >= 4 is 17.7 Å². The van der Waals surface area contributed by atoms with Crippen LogP contribution in [0.25, 0.3) is 0 Å². The largest absolute Gasteiger partial charge is 0.461 e. The van der Waals surface area contributed by atoms with E-state index in [2.05, 4.69) is 6.92 Å². The zero-order chi connectivity index (χ0) is 17.8. The van der Waals surface area contributed by atoms with Crippen molar-refractivity contribution in [1.29, 1.82) is 0 Å². The van der Waals surface area contributed by atoms with Crippen LogP contribution in [-0.4, -0.2) is 30.9 Å². The van der Waals surface area contributed by atoms with Crippen LogP contribution in [0.1, 0.15) is 46.0 Å². The lowest BCUT2D eigenvalue weighted by molar-refractivity contribution is -0.145. The number of carbonyl (C=O) groups excluding carboxylic acids is 3. The van der Waals surface area contributed by atoms with Crippen LogP contribution < -0.4 is 0 Å². The molecular formula is C20H24O5. The van der Waals surface area contributed by atoms with Gasteiger partial charge in [0.15, 0.2) is 0 Å². The molecule has 134 valence electrons. The third-order valence-electron chi connectivity index (χ3n) is 7.15. The van der Waals surface area contributed by atoms with Crippen molar-refractivity contribution in [2.75, 3.05) is 13.2 Å². The van der Waals surface area contributed by atoms with Gasteiger partial charge in [0.2, 0.25) is 0 Å². The van der Waals surface area contributed by atoms with E-state index in [9.17, 15) is 14.4 Å². The standard InChI is InChI=1S/C20H24O5/c1-12-15(21)9-20-11-25-18(23)14(20)4-3-5-16(20)19(12,2)7-6-13-8-17(22)24-10-13/h4,8,12,16H,3,5-7,9-11H2,1-2H3/t12-,16-,19+,20-/m1/s1. The Morgan fingerprint density at radius 3 is 2.76 bits per heavy atom. The molecule has 0 aromatic rings. The van der Waals surface area contributed by atoms with Gasteiger partial charge in [-0.2, -0.15) is 0 Å². The smallest absolute Gasteiger partial charge is 0.334 e. The Morgan fingerprint density at radius 1 is 1.24 bits per heavy atom. The molecule has 2 aliphatic heterocycles. The number of Topliss-reactive ketones (excluding diaryl/α,β-unsaturated/α-hetero) is 1. The number of hydrogen-bond acceptors (Lipinski definition) is 5. The number of rotatable bonds is 3. The molecule has 0 amide bonds. The second-order valence-electron chi connectivity index (χ2n) is 8.26. The lowest BCUT2D eigenvalue weighted by Crippen LogP contribution is -2.55. The molecule has 0 radical (unpaired) electrons. The summed E-state index contributed by atoms with van der Waals surface area (Å²) in [7, 11) is 0. The van der Waals surface area contributed by atoms with Crippen LogP contribution in [0.5, 0.6) is 0 Å². The van der Waals surface area contributed by atoms with Crippen LogP contribution in [0.2, 0.25) is 0 Å². The Morgan fingerprint density at radius 2 is 2.04 bits per heavy atom. The number of esters is 2. The van der Waals surface area contributed by atoms with Crippen molar-refractivity contribution in [1.82, 2.24) is 0 Å². The van der Waals surface area contributed by atoms with Crippen molar-refractivity contribution in [3.05, 3.63) is 23.3 Å². The Balaban J connectivity index is 1.67. The summed E-state index contributed by atoms with van der Waals surface area (Å²) in [6.07, 6.45) is 7.37. The first-order chi connectivity index (χ1) is 11.9. The highest BCUT2D eigenvalue weighted by molar-refractivity contribution is 5.95. The van der Waals surface area contributed by atoms with Gasteiger partial charge in [-0.3, -0.25) is 4.79 Å². The molecule has 1 saturated carbocycles. The van der Waals surface area contributed by atoms with Crippen molar-refractivity contribution in [2.45, 2.75) is 46.0 Å². The lowest BCUT2D eigenvalue weighted by Gasteiger charge is -2.55. The molecule has 25 heavy (non-hydrogen) atoms. The molecule has 0 N–H and O–H groups in total. The van der Waals surface area contributed by atoms with Gasteiger partial charge in [-0.05, 0) is 42.6 Å². The molecule has 1 spiro atoms. The van der Waals surface area contributed by atoms with Gasteiger partial charge < -0.3 is 9.47 Å². The maximum Gasteiger partial charge on any atom is 0.334 e. The molecule has 0 bridgehead atoms. The predicted molar refractivity (Wildman–Crippen MR) is 89.4 cm³/mol. The first-order valence-electron chi connectivity index (χ1n) is 9.13. The van der Waals surface area contributed by atoms with E-state index < -0.39 is 5.41 Å². The summed E-state index contributed by atoms with van der Waals surface area (Å²) in [5.41, 5.74) is 1.07. The molecule has 0 aromatic carbocycles.